The van der Waals surface area contributed by atoms with Crippen LogP contribution in [0.4, 0.5) is 0 Å². The van der Waals surface area contributed by atoms with Crippen molar-refractivity contribution in [2.75, 3.05) is 83.8 Å². The van der Waals surface area contributed by atoms with Gasteiger partial charge in [0, 0.05) is 64.0 Å². The molecule has 0 amide bonds. The Labute approximate surface area is 191 Å². The highest BCUT2D eigenvalue weighted by Gasteiger charge is 2.50. The summed E-state index contributed by atoms with van der Waals surface area (Å²) in [5, 5.41) is 0. The standard InChI is InChI=1S/C21H42O11/c1-22-10-13(25-4)16(27-6)18(14(26-5)11-23-2)32-21-20(30-9)19(29-8)17(28-7)15(31-21)12-24-3/h13-21H,10-12H2,1-9H3/t13-,14-,15-,16+,17-,18-,19+,20-,21-/m1/s1. The summed E-state index contributed by atoms with van der Waals surface area (Å²) in [5.74, 6) is 0. The fourth-order valence-electron chi connectivity index (χ4n) is 4.04. The molecular formula is C21H42O11. The molecule has 0 radical (unpaired) electrons. The SMILES string of the molecule is COC[C@@H](OC)[C@H](OC)[C@H](O[C@H]1O[C@H](COC)[C@@H](OC)[C@H](OC)[C@H]1OC)[C@@H](COC)OC. The van der Waals surface area contributed by atoms with Crippen LogP contribution in [0, 0.1) is 0 Å². The van der Waals surface area contributed by atoms with Gasteiger partial charge >= 0.3 is 0 Å². The average molecular weight is 471 g/mol. The third-order valence-corrected chi connectivity index (χ3v) is 5.63. The normalized spacial score (nSPS) is 30.1. The molecule has 1 fully saturated rings. The first-order valence-electron chi connectivity index (χ1n) is 10.5. The van der Waals surface area contributed by atoms with E-state index in [1.807, 2.05) is 0 Å². The van der Waals surface area contributed by atoms with E-state index in [0.29, 0.717) is 0 Å². The van der Waals surface area contributed by atoms with Crippen molar-refractivity contribution >= 4 is 0 Å². The van der Waals surface area contributed by atoms with Gasteiger partial charge in [-0.2, -0.15) is 0 Å². The average Bonchev–Trinajstić information content (AvgIpc) is 2.81. The van der Waals surface area contributed by atoms with E-state index < -0.39 is 55.1 Å². The van der Waals surface area contributed by atoms with E-state index in [-0.39, 0.29) is 19.8 Å². The molecule has 0 unspecified atom stereocenters. The van der Waals surface area contributed by atoms with E-state index in [1.54, 1.807) is 64.0 Å². The minimum Gasteiger partial charge on any atom is -0.382 e. The summed E-state index contributed by atoms with van der Waals surface area (Å²) in [4.78, 5) is 0. The Bertz CT molecular complexity index is 469. The van der Waals surface area contributed by atoms with Gasteiger partial charge in [0.05, 0.1) is 19.8 Å². The summed E-state index contributed by atoms with van der Waals surface area (Å²) in [5.41, 5.74) is 0. The van der Waals surface area contributed by atoms with Crippen LogP contribution in [0.25, 0.3) is 0 Å². The maximum Gasteiger partial charge on any atom is 0.187 e. The van der Waals surface area contributed by atoms with E-state index in [2.05, 4.69) is 0 Å². The minimum absolute atomic E-state index is 0.255. The van der Waals surface area contributed by atoms with Gasteiger partial charge in [-0.15, -0.1) is 0 Å². The fraction of sp³-hybridized carbons (Fsp3) is 1.00. The molecule has 1 rings (SSSR count). The molecule has 0 saturated carbocycles. The molecular weight excluding hydrogens is 428 g/mol. The Balaban J connectivity index is 3.30. The highest BCUT2D eigenvalue weighted by atomic mass is 16.7. The summed E-state index contributed by atoms with van der Waals surface area (Å²) in [7, 11) is 14.2. The topological polar surface area (TPSA) is 102 Å². The van der Waals surface area contributed by atoms with Crippen LogP contribution in [-0.2, 0) is 52.1 Å². The lowest BCUT2D eigenvalue weighted by atomic mass is 9.97. The van der Waals surface area contributed by atoms with Gasteiger partial charge in [0.15, 0.2) is 6.29 Å². The van der Waals surface area contributed by atoms with Crippen molar-refractivity contribution in [1.29, 1.82) is 0 Å². The van der Waals surface area contributed by atoms with Crippen molar-refractivity contribution < 1.29 is 52.1 Å². The zero-order valence-electron chi connectivity index (χ0n) is 20.8. The predicted molar refractivity (Wildman–Crippen MR) is 114 cm³/mol. The van der Waals surface area contributed by atoms with Gasteiger partial charge in [-0.05, 0) is 0 Å². The van der Waals surface area contributed by atoms with E-state index in [9.17, 15) is 0 Å². The molecule has 0 N–H and O–H groups in total. The first-order valence-corrected chi connectivity index (χ1v) is 10.5. The van der Waals surface area contributed by atoms with E-state index in [0.717, 1.165) is 0 Å². The van der Waals surface area contributed by atoms with Gasteiger partial charge in [0.2, 0.25) is 0 Å². The first kappa shape index (κ1) is 29.6. The summed E-state index contributed by atoms with van der Waals surface area (Å²) < 4.78 is 62.9. The Morgan fingerprint density at radius 3 is 1.53 bits per heavy atom. The van der Waals surface area contributed by atoms with Crippen molar-refractivity contribution in [2.24, 2.45) is 0 Å². The summed E-state index contributed by atoms with van der Waals surface area (Å²) in [6.45, 7) is 0.824. The molecule has 0 spiro atoms. The summed E-state index contributed by atoms with van der Waals surface area (Å²) >= 11 is 0. The van der Waals surface area contributed by atoms with Crippen molar-refractivity contribution in [1.82, 2.24) is 0 Å². The Morgan fingerprint density at radius 1 is 0.594 bits per heavy atom. The van der Waals surface area contributed by atoms with Gasteiger partial charge in [0.1, 0.15) is 48.8 Å². The minimum atomic E-state index is -0.839. The molecule has 0 aromatic rings. The lowest BCUT2D eigenvalue weighted by Crippen LogP contribution is -2.63. The molecule has 11 heteroatoms. The molecule has 0 bridgehead atoms. The molecule has 0 aromatic heterocycles. The predicted octanol–water partition coefficient (Wildman–Crippen LogP) is 0.126. The van der Waals surface area contributed by atoms with Crippen molar-refractivity contribution in [2.45, 2.75) is 55.1 Å². The van der Waals surface area contributed by atoms with Gasteiger partial charge < -0.3 is 52.1 Å². The van der Waals surface area contributed by atoms with Crippen LogP contribution in [-0.4, -0.2) is 139 Å². The third-order valence-electron chi connectivity index (χ3n) is 5.63. The van der Waals surface area contributed by atoms with Crippen LogP contribution in [0.2, 0.25) is 0 Å². The molecule has 32 heavy (non-hydrogen) atoms. The van der Waals surface area contributed by atoms with Crippen molar-refractivity contribution in [3.63, 3.8) is 0 Å². The number of ether oxygens (including phenoxy) is 11. The molecule has 0 aromatic carbocycles. The van der Waals surface area contributed by atoms with E-state index in [1.165, 1.54) is 0 Å². The largest absolute Gasteiger partial charge is 0.382 e. The third kappa shape index (κ3) is 7.54. The van der Waals surface area contributed by atoms with Crippen LogP contribution >= 0.6 is 0 Å². The number of hydrogen-bond acceptors (Lipinski definition) is 11. The van der Waals surface area contributed by atoms with Crippen molar-refractivity contribution in [3.8, 4) is 0 Å². The van der Waals surface area contributed by atoms with Gasteiger partial charge in [-0.25, -0.2) is 0 Å². The lowest BCUT2D eigenvalue weighted by molar-refractivity contribution is -0.338. The second-order valence-electron chi connectivity index (χ2n) is 7.36. The summed E-state index contributed by atoms with van der Waals surface area (Å²) in [6.07, 6.45) is -4.93. The van der Waals surface area contributed by atoms with Crippen molar-refractivity contribution in [3.05, 3.63) is 0 Å². The number of methoxy groups -OCH3 is 9. The summed E-state index contributed by atoms with van der Waals surface area (Å²) in [6, 6.07) is 0. The Morgan fingerprint density at radius 2 is 1.12 bits per heavy atom. The second kappa shape index (κ2) is 16.2. The molecule has 1 heterocycles. The van der Waals surface area contributed by atoms with E-state index >= 15 is 0 Å². The lowest BCUT2D eigenvalue weighted by Gasteiger charge is -2.46. The Hall–Kier alpha value is -0.440. The monoisotopic (exact) mass is 470 g/mol. The maximum atomic E-state index is 6.48. The van der Waals surface area contributed by atoms with Gasteiger partial charge in [-0.1, -0.05) is 0 Å². The smallest absolute Gasteiger partial charge is 0.187 e. The van der Waals surface area contributed by atoms with E-state index in [4.69, 9.17) is 52.1 Å². The molecule has 11 nitrogen and oxygen atoms in total. The zero-order valence-corrected chi connectivity index (χ0v) is 20.8. The van der Waals surface area contributed by atoms with Gasteiger partial charge in [0.25, 0.3) is 0 Å². The van der Waals surface area contributed by atoms with Crippen LogP contribution < -0.4 is 0 Å². The van der Waals surface area contributed by atoms with Crippen LogP contribution in [0.15, 0.2) is 0 Å². The molecule has 1 saturated heterocycles. The van der Waals surface area contributed by atoms with Crippen LogP contribution in [0.3, 0.4) is 0 Å². The molecule has 9 atom stereocenters. The fourth-order valence-corrected chi connectivity index (χ4v) is 4.04. The van der Waals surface area contributed by atoms with Gasteiger partial charge in [-0.3, -0.25) is 0 Å². The first-order chi connectivity index (χ1) is 15.5. The molecule has 192 valence electrons. The Kier molecular flexibility index (Phi) is 15.0. The maximum absolute atomic E-state index is 6.48. The quantitative estimate of drug-likeness (QED) is 0.290. The molecule has 1 aliphatic rings. The van der Waals surface area contributed by atoms with Crippen LogP contribution in [0.1, 0.15) is 0 Å². The second-order valence-corrected chi connectivity index (χ2v) is 7.36. The molecule has 1 aliphatic heterocycles. The highest BCUT2D eigenvalue weighted by Crippen LogP contribution is 2.31. The number of rotatable bonds is 17. The molecule has 0 aliphatic carbocycles. The highest BCUT2D eigenvalue weighted by molar-refractivity contribution is 4.94. The van der Waals surface area contributed by atoms with Crippen LogP contribution in [0.5, 0.6) is 0 Å². The zero-order chi connectivity index (χ0) is 24.1. The number of hydrogen-bond donors (Lipinski definition) is 0.